The van der Waals surface area contributed by atoms with Crippen molar-refractivity contribution in [3.63, 3.8) is 0 Å². The summed E-state index contributed by atoms with van der Waals surface area (Å²) < 4.78 is 4.98. The summed E-state index contributed by atoms with van der Waals surface area (Å²) >= 11 is 1.36. The van der Waals surface area contributed by atoms with Crippen molar-refractivity contribution < 1.29 is 29.0 Å². The highest BCUT2D eigenvalue weighted by Gasteiger charge is 2.20. The maximum Gasteiger partial charge on any atom is 0.338 e. The zero-order chi connectivity index (χ0) is 28.6. The van der Waals surface area contributed by atoms with E-state index in [2.05, 4.69) is 10.6 Å². The molecule has 4 aromatic rings. The number of benzene rings is 4. The molecule has 204 valence electrons. The van der Waals surface area contributed by atoms with Gasteiger partial charge in [-0.25, -0.2) is 9.59 Å². The number of rotatable bonds is 10. The van der Waals surface area contributed by atoms with Gasteiger partial charge in [-0.1, -0.05) is 37.3 Å². The Bertz CT molecular complexity index is 1560. The van der Waals surface area contributed by atoms with E-state index in [1.165, 1.54) is 17.8 Å². The van der Waals surface area contributed by atoms with E-state index in [4.69, 9.17) is 4.74 Å². The number of carbonyl (C=O) groups is 4. The molecule has 0 fully saturated rings. The van der Waals surface area contributed by atoms with Crippen molar-refractivity contribution in [3.8, 4) is 0 Å². The lowest BCUT2D eigenvalue weighted by molar-refractivity contribution is -0.115. The number of carbonyl (C=O) groups excluding carboxylic acids is 3. The minimum absolute atomic E-state index is 0.0555. The van der Waals surface area contributed by atoms with Crippen LogP contribution in [0.2, 0.25) is 0 Å². The normalized spacial score (nSPS) is 11.4. The Morgan fingerprint density at radius 2 is 1.50 bits per heavy atom. The van der Waals surface area contributed by atoms with Crippen molar-refractivity contribution in [2.45, 2.75) is 30.4 Å². The van der Waals surface area contributed by atoms with Gasteiger partial charge in [0.15, 0.2) is 0 Å². The molecule has 4 rings (SSSR count). The lowest BCUT2D eigenvalue weighted by Gasteiger charge is -2.16. The summed E-state index contributed by atoms with van der Waals surface area (Å²) in [6.45, 7) is 3.93. The van der Waals surface area contributed by atoms with E-state index < -0.39 is 23.1 Å². The summed E-state index contributed by atoms with van der Waals surface area (Å²) in [6, 6.07) is 23.6. The SMILES string of the molecule is CCOC(=O)c1ccc(NC(=O)C(CC)Sc2cccc(NC(=O)c3cccc4cccc(C(=O)O)c34)c2)cc1. The van der Waals surface area contributed by atoms with Crippen LogP contribution >= 0.6 is 11.8 Å². The highest BCUT2D eigenvalue weighted by molar-refractivity contribution is 8.00. The van der Waals surface area contributed by atoms with Crippen molar-refractivity contribution in [2.75, 3.05) is 17.2 Å². The average Bonchev–Trinajstić information content (AvgIpc) is 2.95. The standard InChI is InChI=1S/C31H28N2O6S/c1-3-26(29(35)32-21-16-14-20(15-17-21)31(38)39-4-2)40-23-11-7-10-22(18-23)33-28(34)24-12-5-8-19-9-6-13-25(27(19)24)30(36)37/h5-18,26H,3-4H2,1-2H3,(H,32,35)(H,33,34)(H,36,37). The smallest absolute Gasteiger partial charge is 0.338 e. The molecule has 1 atom stereocenters. The van der Waals surface area contributed by atoms with Crippen LogP contribution in [0.3, 0.4) is 0 Å². The van der Waals surface area contributed by atoms with Gasteiger partial charge in [-0.15, -0.1) is 11.8 Å². The fourth-order valence-corrected chi connectivity index (χ4v) is 5.18. The van der Waals surface area contributed by atoms with E-state index in [9.17, 15) is 24.3 Å². The van der Waals surface area contributed by atoms with Crippen LogP contribution in [0.1, 0.15) is 51.3 Å². The van der Waals surface area contributed by atoms with Crippen molar-refractivity contribution in [1.82, 2.24) is 0 Å². The predicted octanol–water partition coefficient (Wildman–Crippen LogP) is 6.48. The van der Waals surface area contributed by atoms with Gasteiger partial charge in [0.05, 0.1) is 23.0 Å². The highest BCUT2D eigenvalue weighted by atomic mass is 32.2. The zero-order valence-corrected chi connectivity index (χ0v) is 22.8. The molecule has 40 heavy (non-hydrogen) atoms. The minimum Gasteiger partial charge on any atom is -0.478 e. The summed E-state index contributed by atoms with van der Waals surface area (Å²) in [5, 5.41) is 16.0. The van der Waals surface area contributed by atoms with Crippen molar-refractivity contribution >= 4 is 57.7 Å². The topological polar surface area (TPSA) is 122 Å². The molecule has 9 heteroatoms. The molecule has 0 radical (unpaired) electrons. The number of nitrogens with one attached hydrogen (secondary N) is 2. The van der Waals surface area contributed by atoms with Gasteiger partial charge < -0.3 is 20.5 Å². The van der Waals surface area contributed by atoms with Crippen LogP contribution in [0.5, 0.6) is 0 Å². The molecule has 0 aliphatic heterocycles. The first kappa shape index (κ1) is 28.4. The number of amides is 2. The fourth-order valence-electron chi connectivity index (χ4n) is 4.17. The molecule has 2 amide bonds. The van der Waals surface area contributed by atoms with Gasteiger partial charge in [-0.05, 0) is 73.3 Å². The van der Waals surface area contributed by atoms with Gasteiger partial charge in [-0.3, -0.25) is 9.59 Å². The van der Waals surface area contributed by atoms with Crippen molar-refractivity contribution in [3.05, 3.63) is 102 Å². The van der Waals surface area contributed by atoms with Crippen LogP contribution in [0.15, 0.2) is 89.8 Å². The zero-order valence-electron chi connectivity index (χ0n) is 22.0. The lowest BCUT2D eigenvalue weighted by Crippen LogP contribution is -2.24. The van der Waals surface area contributed by atoms with Crippen LogP contribution < -0.4 is 10.6 Å². The Kier molecular flexibility index (Phi) is 9.19. The number of thioether (sulfide) groups is 1. The number of hydrogen-bond donors (Lipinski definition) is 3. The molecule has 0 aromatic heterocycles. The first-order chi connectivity index (χ1) is 19.3. The van der Waals surface area contributed by atoms with Gasteiger partial charge in [-0.2, -0.15) is 0 Å². The predicted molar refractivity (Wildman–Crippen MR) is 156 cm³/mol. The molecule has 0 spiro atoms. The molecular weight excluding hydrogens is 528 g/mol. The summed E-state index contributed by atoms with van der Waals surface area (Å²) in [6.07, 6.45) is 0.558. The fraction of sp³-hybridized carbons (Fsp3) is 0.161. The number of esters is 1. The second kappa shape index (κ2) is 12.9. The molecule has 8 nitrogen and oxygen atoms in total. The van der Waals surface area contributed by atoms with E-state index in [-0.39, 0.29) is 23.6 Å². The number of carboxylic acids is 1. The lowest BCUT2D eigenvalue weighted by atomic mass is 9.98. The maximum absolute atomic E-state index is 13.2. The first-order valence-corrected chi connectivity index (χ1v) is 13.6. The Morgan fingerprint density at radius 3 is 2.15 bits per heavy atom. The average molecular weight is 557 g/mol. The summed E-state index contributed by atoms with van der Waals surface area (Å²) in [7, 11) is 0. The molecule has 1 unspecified atom stereocenters. The Labute approximate surface area is 235 Å². The molecule has 0 aliphatic rings. The molecule has 3 N–H and O–H groups in total. The van der Waals surface area contributed by atoms with E-state index in [1.54, 1.807) is 79.7 Å². The summed E-state index contributed by atoms with van der Waals surface area (Å²) in [5.74, 6) is -2.15. The number of fused-ring (bicyclic) bond motifs is 1. The van der Waals surface area contributed by atoms with E-state index in [1.807, 2.05) is 13.0 Å². The largest absolute Gasteiger partial charge is 0.478 e. The summed E-state index contributed by atoms with van der Waals surface area (Å²) in [5.41, 5.74) is 1.80. The van der Waals surface area contributed by atoms with Crippen molar-refractivity contribution in [1.29, 1.82) is 0 Å². The second-order valence-corrected chi connectivity index (χ2v) is 10.1. The molecule has 0 bridgehead atoms. The van der Waals surface area contributed by atoms with Crippen molar-refractivity contribution in [2.24, 2.45) is 0 Å². The van der Waals surface area contributed by atoms with Crippen LogP contribution in [-0.2, 0) is 9.53 Å². The monoisotopic (exact) mass is 556 g/mol. The van der Waals surface area contributed by atoms with Gasteiger partial charge in [0, 0.05) is 27.2 Å². The molecule has 4 aromatic carbocycles. The third-order valence-electron chi connectivity index (χ3n) is 6.08. The van der Waals surface area contributed by atoms with Crippen LogP contribution in [0, 0.1) is 0 Å². The van der Waals surface area contributed by atoms with Gasteiger partial charge in [0.2, 0.25) is 5.91 Å². The van der Waals surface area contributed by atoms with Gasteiger partial charge in [0.25, 0.3) is 5.91 Å². The number of carboxylic acid groups (broad SMARTS) is 1. The van der Waals surface area contributed by atoms with Gasteiger partial charge >= 0.3 is 11.9 Å². The second-order valence-electron chi connectivity index (χ2n) is 8.80. The van der Waals surface area contributed by atoms with E-state index in [0.717, 1.165) is 4.90 Å². The van der Waals surface area contributed by atoms with E-state index in [0.29, 0.717) is 34.1 Å². The summed E-state index contributed by atoms with van der Waals surface area (Å²) in [4.78, 5) is 50.6. The Balaban J connectivity index is 1.46. The van der Waals surface area contributed by atoms with E-state index >= 15 is 0 Å². The molecular formula is C31H28N2O6S. The molecule has 0 heterocycles. The number of hydrogen-bond acceptors (Lipinski definition) is 6. The van der Waals surface area contributed by atoms with Crippen LogP contribution in [0.4, 0.5) is 11.4 Å². The third-order valence-corrected chi connectivity index (χ3v) is 7.43. The molecule has 0 saturated heterocycles. The highest BCUT2D eigenvalue weighted by Crippen LogP contribution is 2.30. The number of ether oxygens (including phenoxy) is 1. The van der Waals surface area contributed by atoms with Crippen LogP contribution in [-0.4, -0.2) is 40.7 Å². The number of aromatic carboxylic acids is 1. The molecule has 0 saturated carbocycles. The first-order valence-electron chi connectivity index (χ1n) is 12.7. The maximum atomic E-state index is 13.2. The minimum atomic E-state index is -1.11. The molecule has 0 aliphatic carbocycles. The quantitative estimate of drug-likeness (QED) is 0.151. The Hall–Kier alpha value is -4.63. The Morgan fingerprint density at radius 1 is 0.825 bits per heavy atom. The van der Waals surface area contributed by atoms with Crippen LogP contribution in [0.25, 0.3) is 10.8 Å². The van der Waals surface area contributed by atoms with Gasteiger partial charge in [0.1, 0.15) is 0 Å². The third kappa shape index (κ3) is 6.68. The number of anilines is 2.